The minimum absolute atomic E-state index is 0.906. The molecule has 51 valence electrons. The lowest BCUT2D eigenvalue weighted by atomic mass is 10.3. The lowest BCUT2D eigenvalue weighted by Gasteiger charge is -1.96. The lowest BCUT2D eigenvalue weighted by Crippen LogP contribution is -1.83. The molecule has 0 saturated carbocycles. The molecule has 0 bridgehead atoms. The van der Waals surface area contributed by atoms with Crippen LogP contribution in [0.5, 0.6) is 0 Å². The molecule has 0 aromatic heterocycles. The molecule has 0 aliphatic carbocycles. The standard InChI is InChI=1S/C7H6NOS/c9-6-10-8-7-4-2-1-3-5-7/h1-5,8H. The molecule has 0 atom stereocenters. The first-order valence-corrected chi connectivity index (χ1v) is 3.59. The molecule has 0 spiro atoms. The summed E-state index contributed by atoms with van der Waals surface area (Å²) in [6.45, 7) is 0. The van der Waals surface area contributed by atoms with E-state index in [0.29, 0.717) is 0 Å². The maximum atomic E-state index is 9.75. The van der Waals surface area contributed by atoms with Gasteiger partial charge in [-0.3, -0.25) is 4.79 Å². The number of anilines is 1. The predicted octanol–water partition coefficient (Wildman–Crippen LogP) is 1.81. The van der Waals surface area contributed by atoms with E-state index in [1.54, 1.807) is 5.62 Å². The fraction of sp³-hybridized carbons (Fsp3) is 0. The highest BCUT2D eigenvalue weighted by Gasteiger charge is 1.86. The quantitative estimate of drug-likeness (QED) is 0.670. The van der Waals surface area contributed by atoms with Crippen molar-refractivity contribution in [3.63, 3.8) is 0 Å². The first-order chi connectivity index (χ1) is 4.93. The van der Waals surface area contributed by atoms with Gasteiger partial charge in [0, 0.05) is 17.6 Å². The Balaban J connectivity index is 2.50. The molecule has 0 aliphatic rings. The zero-order valence-electron chi connectivity index (χ0n) is 5.20. The smallest absolute Gasteiger partial charge is 0.288 e. The van der Waals surface area contributed by atoms with E-state index < -0.39 is 0 Å². The number of benzene rings is 1. The van der Waals surface area contributed by atoms with E-state index in [1.165, 1.54) is 0 Å². The number of para-hydroxylation sites is 1. The van der Waals surface area contributed by atoms with Crippen LogP contribution < -0.4 is 4.72 Å². The van der Waals surface area contributed by atoms with Gasteiger partial charge in [-0.2, -0.15) is 0 Å². The number of hydrogen-bond donors (Lipinski definition) is 1. The van der Waals surface area contributed by atoms with E-state index in [-0.39, 0.29) is 0 Å². The second kappa shape index (κ2) is 3.95. The fourth-order valence-corrected chi connectivity index (χ4v) is 0.882. The van der Waals surface area contributed by atoms with Crippen molar-refractivity contribution in [3.05, 3.63) is 30.3 Å². The van der Waals surface area contributed by atoms with Gasteiger partial charge in [0.2, 0.25) is 0 Å². The Labute approximate surface area is 63.8 Å². The van der Waals surface area contributed by atoms with Crippen LogP contribution >= 0.6 is 11.9 Å². The van der Waals surface area contributed by atoms with Gasteiger partial charge < -0.3 is 4.72 Å². The Bertz CT molecular complexity index is 200. The van der Waals surface area contributed by atoms with Crippen LogP contribution in [-0.4, -0.2) is 5.62 Å². The van der Waals surface area contributed by atoms with Crippen molar-refractivity contribution in [1.82, 2.24) is 0 Å². The molecule has 0 aliphatic heterocycles. The summed E-state index contributed by atoms with van der Waals surface area (Å²) in [4.78, 5) is 9.75. The van der Waals surface area contributed by atoms with E-state index in [4.69, 9.17) is 0 Å². The van der Waals surface area contributed by atoms with Crippen LogP contribution in [0.2, 0.25) is 0 Å². The highest BCUT2D eigenvalue weighted by molar-refractivity contribution is 8.12. The van der Waals surface area contributed by atoms with E-state index >= 15 is 0 Å². The van der Waals surface area contributed by atoms with E-state index in [2.05, 4.69) is 4.72 Å². The largest absolute Gasteiger partial charge is 0.323 e. The topological polar surface area (TPSA) is 29.1 Å². The van der Waals surface area contributed by atoms with Crippen molar-refractivity contribution in [2.75, 3.05) is 4.72 Å². The maximum absolute atomic E-state index is 9.75. The second-order valence-corrected chi connectivity index (χ2v) is 2.23. The van der Waals surface area contributed by atoms with Crippen molar-refractivity contribution in [3.8, 4) is 0 Å². The average Bonchev–Trinajstić information content (AvgIpc) is 2.03. The molecular weight excluding hydrogens is 146 g/mol. The van der Waals surface area contributed by atoms with Gasteiger partial charge in [0.1, 0.15) is 0 Å². The van der Waals surface area contributed by atoms with Gasteiger partial charge in [-0.05, 0) is 12.1 Å². The summed E-state index contributed by atoms with van der Waals surface area (Å²) in [7, 11) is 0. The second-order valence-electron chi connectivity index (χ2n) is 1.65. The fourth-order valence-electron chi connectivity index (χ4n) is 0.586. The molecule has 1 radical (unpaired) electrons. The first-order valence-electron chi connectivity index (χ1n) is 2.77. The van der Waals surface area contributed by atoms with E-state index in [9.17, 15) is 4.79 Å². The van der Waals surface area contributed by atoms with Gasteiger partial charge in [-0.1, -0.05) is 18.2 Å². The van der Waals surface area contributed by atoms with Gasteiger partial charge in [0.25, 0.3) is 5.62 Å². The van der Waals surface area contributed by atoms with Crippen LogP contribution in [0.4, 0.5) is 5.69 Å². The summed E-state index contributed by atoms with van der Waals surface area (Å²) >= 11 is 0.906. The summed E-state index contributed by atoms with van der Waals surface area (Å²) in [6.07, 6.45) is 0. The molecule has 2 nitrogen and oxygen atoms in total. The van der Waals surface area contributed by atoms with Gasteiger partial charge >= 0.3 is 0 Å². The zero-order chi connectivity index (χ0) is 7.23. The first kappa shape index (κ1) is 7.15. The summed E-state index contributed by atoms with van der Waals surface area (Å²) in [5.74, 6) is 0. The molecule has 1 aromatic carbocycles. The van der Waals surface area contributed by atoms with Gasteiger partial charge in [0.15, 0.2) is 0 Å². The third kappa shape index (κ3) is 2.11. The van der Waals surface area contributed by atoms with E-state index in [1.807, 2.05) is 30.3 Å². The summed E-state index contributed by atoms with van der Waals surface area (Å²) < 4.78 is 2.79. The Hall–Kier alpha value is -0.960. The molecule has 0 saturated heterocycles. The monoisotopic (exact) mass is 152 g/mol. The van der Waals surface area contributed by atoms with Crippen molar-refractivity contribution in [2.45, 2.75) is 0 Å². The van der Waals surface area contributed by atoms with Crippen LogP contribution in [0.15, 0.2) is 30.3 Å². The highest BCUT2D eigenvalue weighted by atomic mass is 32.2. The van der Waals surface area contributed by atoms with Crippen LogP contribution in [0.3, 0.4) is 0 Å². The van der Waals surface area contributed by atoms with Crippen molar-refractivity contribution < 1.29 is 4.79 Å². The Morgan fingerprint density at radius 3 is 2.60 bits per heavy atom. The van der Waals surface area contributed by atoms with Gasteiger partial charge in [0.05, 0.1) is 0 Å². The molecule has 0 heterocycles. The molecule has 3 heteroatoms. The highest BCUT2D eigenvalue weighted by Crippen LogP contribution is 2.08. The van der Waals surface area contributed by atoms with Crippen molar-refractivity contribution in [1.29, 1.82) is 0 Å². The van der Waals surface area contributed by atoms with Crippen LogP contribution in [0, 0.1) is 0 Å². The summed E-state index contributed by atoms with van der Waals surface area (Å²) in [5.41, 5.74) is 2.58. The van der Waals surface area contributed by atoms with Crippen LogP contribution in [-0.2, 0) is 4.79 Å². The van der Waals surface area contributed by atoms with Gasteiger partial charge in [-0.25, -0.2) is 0 Å². The molecular formula is C7H6NOS. The average molecular weight is 152 g/mol. The number of rotatable bonds is 3. The third-order valence-corrected chi connectivity index (χ3v) is 1.41. The Morgan fingerprint density at radius 1 is 1.30 bits per heavy atom. The molecule has 1 aromatic rings. The zero-order valence-corrected chi connectivity index (χ0v) is 6.02. The molecule has 0 amide bonds. The van der Waals surface area contributed by atoms with Crippen LogP contribution in [0.1, 0.15) is 0 Å². The van der Waals surface area contributed by atoms with Crippen molar-refractivity contribution in [2.24, 2.45) is 0 Å². The SMILES string of the molecule is O=[C]SNc1ccccc1. The minimum atomic E-state index is 0.906. The van der Waals surface area contributed by atoms with Crippen LogP contribution in [0.25, 0.3) is 0 Å². The molecule has 10 heavy (non-hydrogen) atoms. The molecule has 0 unspecified atom stereocenters. The molecule has 1 rings (SSSR count). The predicted molar refractivity (Wildman–Crippen MR) is 43.3 cm³/mol. The summed E-state index contributed by atoms with van der Waals surface area (Å²) in [5, 5.41) is 0. The number of carbonyl (C=O) groups excluding carboxylic acids is 1. The number of nitrogens with one attached hydrogen (secondary N) is 1. The number of hydrogen-bond acceptors (Lipinski definition) is 3. The summed E-state index contributed by atoms with van der Waals surface area (Å²) in [6, 6.07) is 9.47. The maximum Gasteiger partial charge on any atom is 0.288 e. The Kier molecular flexibility index (Phi) is 2.83. The minimum Gasteiger partial charge on any atom is -0.323 e. The van der Waals surface area contributed by atoms with E-state index in [0.717, 1.165) is 17.6 Å². The Morgan fingerprint density at radius 2 is 2.00 bits per heavy atom. The lowest BCUT2D eigenvalue weighted by molar-refractivity contribution is 0.570. The third-order valence-electron chi connectivity index (χ3n) is 0.984. The van der Waals surface area contributed by atoms with Crippen molar-refractivity contribution >= 4 is 23.3 Å². The molecule has 1 N–H and O–H groups in total. The van der Waals surface area contributed by atoms with Gasteiger partial charge in [-0.15, -0.1) is 0 Å². The normalized spacial score (nSPS) is 8.80. The molecule has 0 fully saturated rings.